The molecule has 0 bridgehead atoms. The molecule has 8 nitrogen and oxygen atoms in total. The molecule has 2 rings (SSSR count). The van der Waals surface area contributed by atoms with Crippen molar-refractivity contribution >= 4 is 11.8 Å². The van der Waals surface area contributed by atoms with Crippen molar-refractivity contribution in [1.29, 1.82) is 0 Å². The lowest BCUT2D eigenvalue weighted by Crippen LogP contribution is -2.52. The van der Waals surface area contributed by atoms with Gasteiger partial charge in [0.05, 0.1) is 20.3 Å². The Balaban J connectivity index is 2.22. The van der Waals surface area contributed by atoms with E-state index < -0.39 is 12.1 Å². The Morgan fingerprint density at radius 2 is 2.12 bits per heavy atom. The first-order valence-corrected chi connectivity index (χ1v) is 7.62. The summed E-state index contributed by atoms with van der Waals surface area (Å²) in [5.41, 5.74) is 0.669. The second-order valence-corrected chi connectivity index (χ2v) is 5.26. The van der Waals surface area contributed by atoms with Crippen molar-refractivity contribution in [3.05, 3.63) is 23.8 Å². The molecule has 24 heavy (non-hydrogen) atoms. The monoisotopic (exact) mass is 338 g/mol. The fourth-order valence-corrected chi connectivity index (χ4v) is 2.48. The van der Waals surface area contributed by atoms with Crippen LogP contribution in [0.3, 0.4) is 0 Å². The summed E-state index contributed by atoms with van der Waals surface area (Å²) in [5, 5.41) is 14.3. The summed E-state index contributed by atoms with van der Waals surface area (Å²) in [6.07, 6.45) is -0.411. The highest BCUT2D eigenvalue weighted by Crippen LogP contribution is 2.32. The average Bonchev–Trinajstić information content (AvgIpc) is 2.61. The molecule has 1 aliphatic rings. The molecule has 3 N–H and O–H groups in total. The lowest BCUT2D eigenvalue weighted by atomic mass is 9.98. The zero-order valence-corrected chi connectivity index (χ0v) is 13.7. The highest BCUT2D eigenvalue weighted by molar-refractivity contribution is 5.86. The standard InChI is InChI=1S/C16H22N2O6/c1-22-11-5-4-10(8-12(11)23-2)14-15(24-9-13(20)18-14)16(21)17-6-3-7-19/h4-5,8,14-15,19H,3,6-7,9H2,1-2H3,(H,17,21)(H,18,20)/t14-,15+/m1/s1. The van der Waals surface area contributed by atoms with E-state index in [2.05, 4.69) is 10.6 Å². The number of aliphatic hydroxyl groups is 1. The van der Waals surface area contributed by atoms with Gasteiger partial charge in [0.2, 0.25) is 5.91 Å². The minimum atomic E-state index is -0.862. The van der Waals surface area contributed by atoms with E-state index in [4.69, 9.17) is 19.3 Å². The topological polar surface area (TPSA) is 106 Å². The minimum absolute atomic E-state index is 0.0123. The van der Waals surface area contributed by atoms with Gasteiger partial charge in [0, 0.05) is 13.2 Å². The van der Waals surface area contributed by atoms with Crippen LogP contribution in [-0.2, 0) is 14.3 Å². The summed E-state index contributed by atoms with van der Waals surface area (Å²) in [7, 11) is 3.04. The molecule has 0 aromatic heterocycles. The van der Waals surface area contributed by atoms with Crippen molar-refractivity contribution < 1.29 is 28.9 Å². The van der Waals surface area contributed by atoms with E-state index in [1.807, 2.05) is 0 Å². The maximum absolute atomic E-state index is 12.3. The number of amides is 2. The zero-order chi connectivity index (χ0) is 17.5. The first-order chi connectivity index (χ1) is 11.6. The van der Waals surface area contributed by atoms with E-state index >= 15 is 0 Å². The third kappa shape index (κ3) is 4.15. The van der Waals surface area contributed by atoms with Gasteiger partial charge < -0.3 is 30.0 Å². The van der Waals surface area contributed by atoms with Crippen molar-refractivity contribution in [1.82, 2.24) is 10.6 Å². The van der Waals surface area contributed by atoms with Crippen LogP contribution in [-0.4, -0.2) is 57.0 Å². The van der Waals surface area contributed by atoms with Crippen molar-refractivity contribution in [3.63, 3.8) is 0 Å². The van der Waals surface area contributed by atoms with E-state index in [1.54, 1.807) is 18.2 Å². The third-order valence-corrected chi connectivity index (χ3v) is 3.67. The van der Waals surface area contributed by atoms with Gasteiger partial charge in [-0.05, 0) is 24.1 Å². The molecule has 0 saturated carbocycles. The Morgan fingerprint density at radius 1 is 1.38 bits per heavy atom. The maximum Gasteiger partial charge on any atom is 0.251 e. The molecule has 1 fully saturated rings. The van der Waals surface area contributed by atoms with Crippen LogP contribution in [0, 0.1) is 0 Å². The number of hydrogen-bond donors (Lipinski definition) is 3. The van der Waals surface area contributed by atoms with Crippen molar-refractivity contribution in [2.75, 3.05) is 34.0 Å². The minimum Gasteiger partial charge on any atom is -0.493 e. The molecule has 1 heterocycles. The molecular formula is C16H22N2O6. The summed E-state index contributed by atoms with van der Waals surface area (Å²) in [6.45, 7) is 0.144. The van der Waals surface area contributed by atoms with Crippen LogP contribution in [0.4, 0.5) is 0 Å². The molecule has 0 unspecified atom stereocenters. The summed E-state index contributed by atoms with van der Waals surface area (Å²) < 4.78 is 15.9. The molecule has 1 saturated heterocycles. The van der Waals surface area contributed by atoms with Crippen LogP contribution in [0.5, 0.6) is 11.5 Å². The summed E-state index contributed by atoms with van der Waals surface area (Å²) in [4.78, 5) is 24.0. The van der Waals surface area contributed by atoms with Gasteiger partial charge in [-0.2, -0.15) is 0 Å². The van der Waals surface area contributed by atoms with Crippen molar-refractivity contribution in [3.8, 4) is 11.5 Å². The zero-order valence-electron chi connectivity index (χ0n) is 13.7. The molecule has 1 aromatic rings. The third-order valence-electron chi connectivity index (χ3n) is 3.67. The fourth-order valence-electron chi connectivity index (χ4n) is 2.48. The van der Waals surface area contributed by atoms with Gasteiger partial charge >= 0.3 is 0 Å². The van der Waals surface area contributed by atoms with Crippen LogP contribution in [0.1, 0.15) is 18.0 Å². The summed E-state index contributed by atoms with van der Waals surface area (Å²) in [6, 6.07) is 4.51. The van der Waals surface area contributed by atoms with Crippen LogP contribution in [0.15, 0.2) is 18.2 Å². The van der Waals surface area contributed by atoms with Crippen LogP contribution < -0.4 is 20.1 Å². The summed E-state index contributed by atoms with van der Waals surface area (Å²) >= 11 is 0. The van der Waals surface area contributed by atoms with Crippen LogP contribution in [0.2, 0.25) is 0 Å². The lowest BCUT2D eigenvalue weighted by Gasteiger charge is -2.32. The molecule has 2 atom stereocenters. The first-order valence-electron chi connectivity index (χ1n) is 7.62. The molecule has 2 amide bonds. The largest absolute Gasteiger partial charge is 0.493 e. The number of benzene rings is 1. The van der Waals surface area contributed by atoms with Gasteiger partial charge in [-0.25, -0.2) is 0 Å². The number of methoxy groups -OCH3 is 2. The Labute approximate surface area is 140 Å². The first kappa shape index (κ1) is 18.0. The second-order valence-electron chi connectivity index (χ2n) is 5.26. The molecule has 1 aliphatic heterocycles. The lowest BCUT2D eigenvalue weighted by molar-refractivity contribution is -0.148. The van der Waals surface area contributed by atoms with Gasteiger partial charge in [0.25, 0.3) is 5.91 Å². The van der Waals surface area contributed by atoms with Gasteiger partial charge in [-0.1, -0.05) is 6.07 Å². The highest BCUT2D eigenvalue weighted by atomic mass is 16.5. The molecule has 8 heteroatoms. The predicted octanol–water partition coefficient (Wildman–Crippen LogP) is -0.241. The fraction of sp³-hybridized carbons (Fsp3) is 0.500. The SMILES string of the molecule is COc1ccc([C@H]2NC(=O)CO[C@@H]2C(=O)NCCCO)cc1OC. The van der Waals surface area contributed by atoms with Crippen molar-refractivity contribution in [2.45, 2.75) is 18.6 Å². The quantitative estimate of drug-likeness (QED) is 0.593. The van der Waals surface area contributed by atoms with Crippen molar-refractivity contribution in [2.24, 2.45) is 0 Å². The average molecular weight is 338 g/mol. The van der Waals surface area contributed by atoms with Gasteiger partial charge in [-0.15, -0.1) is 0 Å². The smallest absolute Gasteiger partial charge is 0.251 e. The number of ether oxygens (including phenoxy) is 3. The van der Waals surface area contributed by atoms with E-state index in [1.165, 1.54) is 14.2 Å². The van der Waals surface area contributed by atoms with Gasteiger partial charge in [0.15, 0.2) is 17.6 Å². The Bertz CT molecular complexity index is 592. The number of carbonyl (C=O) groups excluding carboxylic acids is 2. The molecule has 0 spiro atoms. The maximum atomic E-state index is 12.3. The molecule has 0 radical (unpaired) electrons. The van der Waals surface area contributed by atoms with Gasteiger partial charge in [0.1, 0.15) is 6.61 Å². The molecule has 1 aromatic carbocycles. The normalized spacial score (nSPS) is 20.2. The van der Waals surface area contributed by atoms with E-state index in [-0.39, 0.29) is 25.0 Å². The van der Waals surface area contributed by atoms with E-state index in [0.717, 1.165) is 0 Å². The Kier molecular flexibility index (Phi) is 6.39. The van der Waals surface area contributed by atoms with E-state index in [9.17, 15) is 9.59 Å². The number of aliphatic hydroxyl groups excluding tert-OH is 1. The van der Waals surface area contributed by atoms with E-state index in [0.29, 0.717) is 30.0 Å². The number of rotatable bonds is 7. The van der Waals surface area contributed by atoms with Crippen LogP contribution >= 0.6 is 0 Å². The number of hydrogen-bond acceptors (Lipinski definition) is 6. The predicted molar refractivity (Wildman–Crippen MR) is 84.9 cm³/mol. The van der Waals surface area contributed by atoms with Gasteiger partial charge in [-0.3, -0.25) is 9.59 Å². The Hall–Kier alpha value is -2.32. The second kappa shape index (κ2) is 8.51. The number of carbonyl (C=O) groups is 2. The Morgan fingerprint density at radius 3 is 2.79 bits per heavy atom. The summed E-state index contributed by atoms with van der Waals surface area (Å²) in [5.74, 6) is 0.403. The molecular weight excluding hydrogens is 316 g/mol. The molecule has 132 valence electrons. The highest BCUT2D eigenvalue weighted by Gasteiger charge is 2.36. The van der Waals surface area contributed by atoms with Crippen LogP contribution in [0.25, 0.3) is 0 Å². The molecule has 0 aliphatic carbocycles. The number of morpholine rings is 1. The number of nitrogens with one attached hydrogen (secondary N) is 2.